The first-order chi connectivity index (χ1) is 13.0. The lowest BCUT2D eigenvalue weighted by Crippen LogP contribution is -2.23. The molecule has 1 aliphatic rings. The summed E-state index contributed by atoms with van der Waals surface area (Å²) >= 11 is 0. The normalized spacial score (nSPS) is 14.1. The summed E-state index contributed by atoms with van der Waals surface area (Å²) < 4.78 is 31.5. The minimum atomic E-state index is -1.45. The second kappa shape index (κ2) is 6.50. The molecule has 1 saturated heterocycles. The van der Waals surface area contributed by atoms with Crippen molar-refractivity contribution in [2.45, 2.75) is 12.8 Å². The number of hydrogen-bond donors (Lipinski definition) is 1. The van der Waals surface area contributed by atoms with Crippen LogP contribution in [0, 0.1) is 11.6 Å². The Hall–Kier alpha value is -3.22. The van der Waals surface area contributed by atoms with Gasteiger partial charge in [-0.2, -0.15) is 0 Å². The molecule has 0 bridgehead atoms. The highest BCUT2D eigenvalue weighted by atomic mass is 19.1. The van der Waals surface area contributed by atoms with E-state index < -0.39 is 28.6 Å². The van der Waals surface area contributed by atoms with Gasteiger partial charge in [-0.15, -0.1) is 0 Å². The van der Waals surface area contributed by atoms with Gasteiger partial charge in [-0.1, -0.05) is 18.2 Å². The summed E-state index contributed by atoms with van der Waals surface area (Å²) in [6, 6.07) is 9.45. The van der Waals surface area contributed by atoms with Crippen molar-refractivity contribution in [2.75, 3.05) is 18.0 Å². The van der Waals surface area contributed by atoms with Crippen LogP contribution in [0.15, 0.2) is 47.4 Å². The SMILES string of the molecule is O=C(O)c1cn(-c2ccccc2)c2c(F)c(N3CCCC3)c(F)cc2c1=O. The standard InChI is InChI=1S/C20H16F2N2O3/c21-15-10-13-17(16(22)18(15)23-8-4-5-9-23)24(12-6-2-1-3-7-12)11-14(19(13)25)20(26)27/h1-3,6-7,10-11H,4-5,8-9H2,(H,26,27). The van der Waals surface area contributed by atoms with E-state index in [4.69, 9.17) is 0 Å². The summed E-state index contributed by atoms with van der Waals surface area (Å²) in [5.41, 5.74) is -1.27. The van der Waals surface area contributed by atoms with Crippen molar-refractivity contribution >= 4 is 22.6 Å². The minimum Gasteiger partial charge on any atom is -0.477 e. The Balaban J connectivity index is 2.13. The molecule has 0 saturated carbocycles. The number of anilines is 1. The quantitative estimate of drug-likeness (QED) is 0.766. The summed E-state index contributed by atoms with van der Waals surface area (Å²) in [6.45, 7) is 1.06. The lowest BCUT2D eigenvalue weighted by Gasteiger charge is -2.22. The molecule has 0 unspecified atom stereocenters. The Labute approximate surface area is 153 Å². The number of rotatable bonds is 3. The van der Waals surface area contributed by atoms with Crippen molar-refractivity contribution in [3.8, 4) is 5.69 Å². The number of nitrogens with zero attached hydrogens (tertiary/aromatic N) is 2. The first-order valence-corrected chi connectivity index (χ1v) is 8.60. The smallest absolute Gasteiger partial charge is 0.341 e. The van der Waals surface area contributed by atoms with Gasteiger partial charge in [0.1, 0.15) is 17.1 Å². The third-order valence-corrected chi connectivity index (χ3v) is 4.84. The number of benzene rings is 2. The van der Waals surface area contributed by atoms with Crippen LogP contribution in [0.1, 0.15) is 23.2 Å². The number of carbonyl (C=O) groups is 1. The molecule has 1 fully saturated rings. The third-order valence-electron chi connectivity index (χ3n) is 4.84. The predicted octanol–water partition coefficient (Wildman–Crippen LogP) is 3.57. The van der Waals surface area contributed by atoms with Crippen LogP contribution in [0.5, 0.6) is 0 Å². The maximum absolute atomic E-state index is 15.5. The highest BCUT2D eigenvalue weighted by molar-refractivity contribution is 5.94. The van der Waals surface area contributed by atoms with Crippen LogP contribution in [0.4, 0.5) is 14.5 Å². The molecule has 27 heavy (non-hydrogen) atoms. The molecule has 0 radical (unpaired) electrons. The summed E-state index contributed by atoms with van der Waals surface area (Å²) in [7, 11) is 0. The Morgan fingerprint density at radius 2 is 1.74 bits per heavy atom. The number of halogens is 2. The molecule has 0 atom stereocenters. The fourth-order valence-corrected chi connectivity index (χ4v) is 3.58. The van der Waals surface area contributed by atoms with E-state index in [-0.39, 0.29) is 16.6 Å². The topological polar surface area (TPSA) is 62.5 Å². The van der Waals surface area contributed by atoms with Gasteiger partial charge in [0.25, 0.3) is 0 Å². The monoisotopic (exact) mass is 370 g/mol. The number of aromatic nitrogens is 1. The molecule has 1 aliphatic heterocycles. The van der Waals surface area contributed by atoms with Gasteiger partial charge in [-0.25, -0.2) is 13.6 Å². The molecule has 1 N–H and O–H groups in total. The Kier molecular flexibility index (Phi) is 4.14. The molecular formula is C20H16F2N2O3. The van der Waals surface area contributed by atoms with Crippen LogP contribution in [-0.2, 0) is 0 Å². The maximum atomic E-state index is 15.5. The third kappa shape index (κ3) is 2.75. The molecule has 0 aliphatic carbocycles. The van der Waals surface area contributed by atoms with Gasteiger partial charge >= 0.3 is 5.97 Å². The van der Waals surface area contributed by atoms with Crippen LogP contribution in [0.25, 0.3) is 16.6 Å². The minimum absolute atomic E-state index is 0.125. The highest BCUT2D eigenvalue weighted by Gasteiger charge is 2.26. The van der Waals surface area contributed by atoms with Crippen molar-refractivity contribution in [1.82, 2.24) is 4.57 Å². The average Bonchev–Trinajstić information content (AvgIpc) is 3.17. The van der Waals surface area contributed by atoms with Crippen LogP contribution in [0.3, 0.4) is 0 Å². The van der Waals surface area contributed by atoms with Gasteiger partial charge < -0.3 is 14.6 Å². The fraction of sp³-hybridized carbons (Fsp3) is 0.200. The zero-order valence-corrected chi connectivity index (χ0v) is 14.3. The summed E-state index contributed by atoms with van der Waals surface area (Å²) in [5, 5.41) is 9.06. The van der Waals surface area contributed by atoms with E-state index in [1.807, 2.05) is 0 Å². The van der Waals surface area contributed by atoms with Crippen LogP contribution >= 0.6 is 0 Å². The molecule has 0 amide bonds. The van der Waals surface area contributed by atoms with E-state index in [2.05, 4.69) is 0 Å². The van der Waals surface area contributed by atoms with Gasteiger partial charge in [0.05, 0.1) is 10.9 Å². The van der Waals surface area contributed by atoms with Crippen molar-refractivity contribution in [2.24, 2.45) is 0 Å². The largest absolute Gasteiger partial charge is 0.477 e. The number of hydrogen-bond acceptors (Lipinski definition) is 3. The second-order valence-corrected chi connectivity index (χ2v) is 6.49. The molecule has 1 aromatic heterocycles. The van der Waals surface area contributed by atoms with Gasteiger partial charge in [0.2, 0.25) is 5.43 Å². The van der Waals surface area contributed by atoms with Crippen molar-refractivity contribution in [1.29, 1.82) is 0 Å². The van der Waals surface area contributed by atoms with Gasteiger partial charge in [0, 0.05) is 25.0 Å². The number of pyridine rings is 1. The van der Waals surface area contributed by atoms with Gasteiger partial charge in [0.15, 0.2) is 5.82 Å². The molecule has 2 heterocycles. The van der Waals surface area contributed by atoms with Crippen LogP contribution in [0.2, 0.25) is 0 Å². The van der Waals surface area contributed by atoms with E-state index in [0.717, 1.165) is 25.1 Å². The number of aromatic carboxylic acids is 1. The molecule has 0 spiro atoms. The van der Waals surface area contributed by atoms with E-state index in [1.165, 1.54) is 4.57 Å². The lowest BCUT2D eigenvalue weighted by molar-refractivity contribution is 0.0695. The number of fused-ring (bicyclic) bond motifs is 1. The van der Waals surface area contributed by atoms with Crippen LogP contribution in [-0.4, -0.2) is 28.7 Å². The predicted molar refractivity (Wildman–Crippen MR) is 97.9 cm³/mol. The fourth-order valence-electron chi connectivity index (χ4n) is 3.58. The Morgan fingerprint density at radius 1 is 1.07 bits per heavy atom. The van der Waals surface area contributed by atoms with Crippen molar-refractivity contribution < 1.29 is 18.7 Å². The molecule has 2 aromatic carbocycles. The Bertz CT molecular complexity index is 1100. The van der Waals surface area contributed by atoms with Crippen molar-refractivity contribution in [3.05, 3.63) is 70.0 Å². The number of carboxylic acid groups (broad SMARTS) is 1. The van der Waals surface area contributed by atoms with Crippen LogP contribution < -0.4 is 10.3 Å². The first kappa shape index (κ1) is 17.2. The van der Waals surface area contributed by atoms with Crippen molar-refractivity contribution in [3.63, 3.8) is 0 Å². The number of carboxylic acids is 1. The zero-order chi connectivity index (χ0) is 19.1. The molecule has 7 heteroatoms. The number of para-hydroxylation sites is 1. The van der Waals surface area contributed by atoms with E-state index >= 15 is 4.39 Å². The molecule has 4 rings (SSSR count). The average molecular weight is 370 g/mol. The van der Waals surface area contributed by atoms with E-state index in [9.17, 15) is 19.1 Å². The summed E-state index contributed by atoms with van der Waals surface area (Å²) in [6.07, 6.45) is 2.76. The lowest BCUT2D eigenvalue weighted by atomic mass is 10.1. The zero-order valence-electron chi connectivity index (χ0n) is 14.3. The van der Waals surface area contributed by atoms with E-state index in [1.54, 1.807) is 35.2 Å². The molecule has 5 nitrogen and oxygen atoms in total. The maximum Gasteiger partial charge on any atom is 0.341 e. The second-order valence-electron chi connectivity index (χ2n) is 6.49. The van der Waals surface area contributed by atoms with E-state index in [0.29, 0.717) is 18.8 Å². The molecular weight excluding hydrogens is 354 g/mol. The van der Waals surface area contributed by atoms with Gasteiger partial charge in [-0.05, 0) is 31.0 Å². The first-order valence-electron chi connectivity index (χ1n) is 8.60. The molecule has 3 aromatic rings. The highest BCUT2D eigenvalue weighted by Crippen LogP contribution is 2.33. The molecule has 138 valence electrons. The van der Waals surface area contributed by atoms with Gasteiger partial charge in [-0.3, -0.25) is 4.79 Å². The summed E-state index contributed by atoms with van der Waals surface area (Å²) in [5.74, 6) is -3.16. The Morgan fingerprint density at radius 3 is 2.37 bits per heavy atom. The summed E-state index contributed by atoms with van der Waals surface area (Å²) in [4.78, 5) is 25.7.